The van der Waals surface area contributed by atoms with Gasteiger partial charge in [0.1, 0.15) is 5.92 Å². The molecule has 0 aliphatic carbocycles. The number of carbonyl (C=O) groups excluding carboxylic acids is 2. The first-order chi connectivity index (χ1) is 11.1. The first-order valence-corrected chi connectivity index (χ1v) is 8.93. The van der Waals surface area contributed by atoms with Crippen molar-refractivity contribution in [1.82, 2.24) is 10.2 Å². The van der Waals surface area contributed by atoms with Gasteiger partial charge in [-0.2, -0.15) is 0 Å². The molecule has 1 aromatic rings. The molecule has 0 saturated carbocycles. The van der Waals surface area contributed by atoms with E-state index in [9.17, 15) is 9.59 Å². The molecular formula is C17H22BrN3O2. The highest BCUT2D eigenvalue weighted by atomic mass is 79.9. The van der Waals surface area contributed by atoms with Crippen molar-refractivity contribution < 1.29 is 9.59 Å². The summed E-state index contributed by atoms with van der Waals surface area (Å²) in [6, 6.07) is 7.99. The van der Waals surface area contributed by atoms with Gasteiger partial charge in [0, 0.05) is 30.1 Å². The maximum atomic E-state index is 12.8. The van der Waals surface area contributed by atoms with Gasteiger partial charge in [-0.05, 0) is 54.4 Å². The number of para-hydroxylation sites is 1. The number of likely N-dealkylation sites (N-methyl/N-ethyl adjacent to an activating group) is 1. The second-order valence-corrected chi connectivity index (χ2v) is 7.05. The van der Waals surface area contributed by atoms with Gasteiger partial charge in [0.05, 0.1) is 5.69 Å². The summed E-state index contributed by atoms with van der Waals surface area (Å²) in [6.07, 6.45) is 2.67. The second-order valence-electron chi connectivity index (χ2n) is 6.19. The average Bonchev–Trinajstić information content (AvgIpc) is 2.96. The van der Waals surface area contributed by atoms with Crippen LogP contribution in [0.25, 0.3) is 0 Å². The number of hydrogen-bond acceptors (Lipinski definition) is 3. The fourth-order valence-corrected chi connectivity index (χ4v) is 3.95. The Morgan fingerprint density at radius 2 is 2.04 bits per heavy atom. The minimum absolute atomic E-state index is 0.00972. The van der Waals surface area contributed by atoms with Gasteiger partial charge >= 0.3 is 0 Å². The molecule has 1 N–H and O–H groups in total. The van der Waals surface area contributed by atoms with Crippen LogP contribution in [-0.2, 0) is 9.59 Å². The van der Waals surface area contributed by atoms with Gasteiger partial charge in [0.2, 0.25) is 11.8 Å². The molecule has 1 aromatic carbocycles. The van der Waals surface area contributed by atoms with Gasteiger partial charge in [-0.25, -0.2) is 0 Å². The molecule has 2 fully saturated rings. The molecule has 23 heavy (non-hydrogen) atoms. The minimum Gasteiger partial charge on any atom is -0.340 e. The van der Waals surface area contributed by atoms with Crippen LogP contribution in [-0.4, -0.2) is 49.4 Å². The van der Waals surface area contributed by atoms with Crippen molar-refractivity contribution >= 4 is 33.4 Å². The Kier molecular flexibility index (Phi) is 5.02. The van der Waals surface area contributed by atoms with Crippen LogP contribution < -0.4 is 10.2 Å². The summed E-state index contributed by atoms with van der Waals surface area (Å²) in [5.41, 5.74) is 0.847. The van der Waals surface area contributed by atoms with Gasteiger partial charge in [0.15, 0.2) is 0 Å². The zero-order chi connectivity index (χ0) is 16.4. The van der Waals surface area contributed by atoms with Crippen molar-refractivity contribution in [3.05, 3.63) is 28.7 Å². The predicted octanol–water partition coefficient (Wildman–Crippen LogP) is 2.01. The third-order valence-corrected chi connectivity index (χ3v) is 5.46. The first kappa shape index (κ1) is 16.5. The molecule has 0 bridgehead atoms. The lowest BCUT2D eigenvalue weighted by atomic mass is 10.0. The van der Waals surface area contributed by atoms with E-state index < -0.39 is 5.92 Å². The van der Waals surface area contributed by atoms with Crippen molar-refractivity contribution in [3.63, 3.8) is 0 Å². The quantitative estimate of drug-likeness (QED) is 0.817. The average molecular weight is 380 g/mol. The van der Waals surface area contributed by atoms with Crippen LogP contribution in [0.1, 0.15) is 19.3 Å². The van der Waals surface area contributed by atoms with Gasteiger partial charge in [0.25, 0.3) is 0 Å². The SMILES string of the molecule is CN[C@H]1CCCN(C(=O)[C@H]2CCN(c3ccccc3Br)C2=O)C1. The molecule has 0 unspecified atom stereocenters. The van der Waals surface area contributed by atoms with Crippen molar-refractivity contribution in [3.8, 4) is 0 Å². The lowest BCUT2D eigenvalue weighted by Gasteiger charge is -2.33. The number of halogens is 1. The first-order valence-electron chi connectivity index (χ1n) is 8.13. The zero-order valence-corrected chi connectivity index (χ0v) is 14.9. The molecule has 2 aliphatic rings. The number of anilines is 1. The number of hydrogen-bond donors (Lipinski definition) is 1. The maximum absolute atomic E-state index is 12.8. The third kappa shape index (κ3) is 3.28. The molecule has 2 heterocycles. The molecule has 124 valence electrons. The highest BCUT2D eigenvalue weighted by molar-refractivity contribution is 9.10. The number of carbonyl (C=O) groups is 2. The Balaban J connectivity index is 1.71. The van der Waals surface area contributed by atoms with Crippen LogP contribution in [0.2, 0.25) is 0 Å². The van der Waals surface area contributed by atoms with E-state index in [2.05, 4.69) is 21.2 Å². The molecule has 3 rings (SSSR count). The third-order valence-electron chi connectivity index (χ3n) is 4.79. The van der Waals surface area contributed by atoms with E-state index in [4.69, 9.17) is 0 Å². The smallest absolute Gasteiger partial charge is 0.239 e. The van der Waals surface area contributed by atoms with Crippen molar-refractivity contribution in [2.75, 3.05) is 31.6 Å². The Morgan fingerprint density at radius 3 is 2.78 bits per heavy atom. The summed E-state index contributed by atoms with van der Waals surface area (Å²) in [4.78, 5) is 29.1. The standard InChI is InChI=1S/C17H22BrN3O2/c1-19-12-5-4-9-20(11-12)16(22)13-8-10-21(17(13)23)15-7-3-2-6-14(15)18/h2-3,6-7,12-13,19H,4-5,8-11H2,1H3/t12-,13+/m0/s1. The van der Waals surface area contributed by atoms with E-state index in [1.165, 1.54) is 0 Å². The fourth-order valence-electron chi connectivity index (χ4n) is 3.45. The molecule has 2 aliphatic heterocycles. The lowest BCUT2D eigenvalue weighted by molar-refractivity contribution is -0.140. The van der Waals surface area contributed by atoms with Crippen molar-refractivity contribution in [1.29, 1.82) is 0 Å². The summed E-state index contributed by atoms with van der Waals surface area (Å²) < 4.78 is 0.884. The Bertz CT molecular complexity index is 607. The van der Waals surface area contributed by atoms with E-state index in [0.29, 0.717) is 25.6 Å². The van der Waals surface area contributed by atoms with Gasteiger partial charge in [-0.15, -0.1) is 0 Å². The molecule has 0 radical (unpaired) electrons. The Morgan fingerprint density at radius 1 is 1.26 bits per heavy atom. The van der Waals surface area contributed by atoms with Crippen LogP contribution in [0.15, 0.2) is 28.7 Å². The van der Waals surface area contributed by atoms with Crippen LogP contribution >= 0.6 is 15.9 Å². The number of likely N-dealkylation sites (tertiary alicyclic amines) is 1. The van der Waals surface area contributed by atoms with Gasteiger partial charge in [-0.1, -0.05) is 12.1 Å². The summed E-state index contributed by atoms with van der Waals surface area (Å²) in [7, 11) is 1.92. The monoisotopic (exact) mass is 379 g/mol. The Labute approximate surface area is 145 Å². The summed E-state index contributed by atoms with van der Waals surface area (Å²) in [6.45, 7) is 2.06. The highest BCUT2D eigenvalue weighted by Crippen LogP contribution is 2.32. The number of amides is 2. The molecule has 0 aromatic heterocycles. The highest BCUT2D eigenvalue weighted by Gasteiger charge is 2.40. The van der Waals surface area contributed by atoms with Crippen LogP contribution in [0.5, 0.6) is 0 Å². The number of benzene rings is 1. The van der Waals surface area contributed by atoms with Gasteiger partial charge in [-0.3, -0.25) is 9.59 Å². The zero-order valence-electron chi connectivity index (χ0n) is 13.3. The molecule has 6 heteroatoms. The van der Waals surface area contributed by atoms with E-state index in [1.54, 1.807) is 4.90 Å². The van der Waals surface area contributed by atoms with Crippen LogP contribution in [0.3, 0.4) is 0 Å². The van der Waals surface area contributed by atoms with E-state index in [1.807, 2.05) is 36.2 Å². The van der Waals surface area contributed by atoms with Crippen molar-refractivity contribution in [2.45, 2.75) is 25.3 Å². The Hall–Kier alpha value is -1.40. The summed E-state index contributed by atoms with van der Waals surface area (Å²) in [5, 5.41) is 3.24. The molecule has 2 atom stereocenters. The lowest BCUT2D eigenvalue weighted by Crippen LogP contribution is -2.49. The van der Waals surface area contributed by atoms with Gasteiger partial charge < -0.3 is 15.1 Å². The van der Waals surface area contributed by atoms with E-state index in [-0.39, 0.29) is 11.8 Å². The van der Waals surface area contributed by atoms with E-state index >= 15 is 0 Å². The number of nitrogens with zero attached hydrogens (tertiary/aromatic N) is 2. The van der Waals surface area contributed by atoms with E-state index in [0.717, 1.165) is 29.5 Å². The molecule has 2 saturated heterocycles. The maximum Gasteiger partial charge on any atom is 0.239 e. The number of nitrogens with one attached hydrogen (secondary N) is 1. The molecular weight excluding hydrogens is 358 g/mol. The largest absolute Gasteiger partial charge is 0.340 e. The topological polar surface area (TPSA) is 52.7 Å². The summed E-state index contributed by atoms with van der Waals surface area (Å²) in [5.74, 6) is -0.615. The molecule has 2 amide bonds. The predicted molar refractivity (Wildman–Crippen MR) is 93.3 cm³/mol. The normalized spacial score (nSPS) is 25.0. The summed E-state index contributed by atoms with van der Waals surface area (Å²) >= 11 is 3.49. The molecule has 5 nitrogen and oxygen atoms in total. The number of rotatable bonds is 3. The second kappa shape index (κ2) is 7.01. The fraction of sp³-hybridized carbons (Fsp3) is 0.529. The van der Waals surface area contributed by atoms with Crippen LogP contribution in [0, 0.1) is 5.92 Å². The van der Waals surface area contributed by atoms with Crippen LogP contribution in [0.4, 0.5) is 5.69 Å². The minimum atomic E-state index is -0.530. The van der Waals surface area contributed by atoms with Crippen molar-refractivity contribution in [2.24, 2.45) is 5.92 Å². The number of piperidine rings is 1. The molecule has 0 spiro atoms.